The summed E-state index contributed by atoms with van der Waals surface area (Å²) in [6, 6.07) is 1.72. The average Bonchev–Trinajstić information content (AvgIpc) is 2.80. The summed E-state index contributed by atoms with van der Waals surface area (Å²) in [6.07, 6.45) is 8.46. The molecule has 1 saturated carbocycles. The van der Waals surface area contributed by atoms with E-state index in [1.165, 1.54) is 12.8 Å². The van der Waals surface area contributed by atoms with Crippen molar-refractivity contribution in [2.24, 2.45) is 5.92 Å². The minimum Gasteiger partial charge on any atom is -0.458 e. The lowest BCUT2D eigenvalue weighted by Gasteiger charge is -2.28. The van der Waals surface area contributed by atoms with Gasteiger partial charge in [0.15, 0.2) is 0 Å². The molecule has 2 atom stereocenters. The second-order valence-corrected chi connectivity index (χ2v) is 5.82. The Morgan fingerprint density at radius 1 is 1.45 bits per heavy atom. The molecule has 0 bridgehead atoms. The highest BCUT2D eigenvalue weighted by atomic mass is 16.5. The molecule has 2 unspecified atom stereocenters. The van der Waals surface area contributed by atoms with Crippen molar-refractivity contribution in [3.63, 3.8) is 0 Å². The van der Waals surface area contributed by atoms with Gasteiger partial charge in [0.1, 0.15) is 11.8 Å². The number of nitrogen functional groups attached to an aromatic ring is 1. The highest BCUT2D eigenvalue weighted by Crippen LogP contribution is 2.29. The Kier molecular flexibility index (Phi) is 5.10. The Labute approximate surface area is 121 Å². The van der Waals surface area contributed by atoms with Crippen molar-refractivity contribution in [3.05, 3.63) is 18.0 Å². The van der Waals surface area contributed by atoms with Gasteiger partial charge in [0.05, 0.1) is 5.69 Å². The summed E-state index contributed by atoms with van der Waals surface area (Å²) in [5, 5.41) is 0. The molecule has 1 aliphatic rings. The monoisotopic (exact) mass is 278 g/mol. The van der Waals surface area contributed by atoms with Crippen LogP contribution in [0.25, 0.3) is 0 Å². The molecule has 4 nitrogen and oxygen atoms in total. The fourth-order valence-corrected chi connectivity index (χ4v) is 3.06. The van der Waals surface area contributed by atoms with Crippen LogP contribution in [0.1, 0.15) is 62.9 Å². The number of hydrogen-bond donors (Lipinski definition) is 1. The number of aryl methyl sites for hydroxylation is 1. The van der Waals surface area contributed by atoms with Crippen LogP contribution >= 0.6 is 0 Å². The van der Waals surface area contributed by atoms with Crippen LogP contribution in [0.4, 0.5) is 5.69 Å². The lowest BCUT2D eigenvalue weighted by atomic mass is 9.85. The maximum absolute atomic E-state index is 12.3. The molecule has 1 aromatic heterocycles. The number of nitrogens with zero attached hydrogens (tertiary/aromatic N) is 1. The Morgan fingerprint density at radius 3 is 2.95 bits per heavy atom. The number of esters is 1. The van der Waals surface area contributed by atoms with Gasteiger partial charge in [-0.1, -0.05) is 26.7 Å². The molecular weight excluding hydrogens is 252 g/mol. The molecule has 2 N–H and O–H groups in total. The van der Waals surface area contributed by atoms with Gasteiger partial charge in [0, 0.05) is 12.7 Å². The number of anilines is 1. The molecule has 0 saturated heterocycles. The molecule has 0 spiro atoms. The zero-order valence-electron chi connectivity index (χ0n) is 12.6. The molecule has 1 fully saturated rings. The van der Waals surface area contributed by atoms with E-state index >= 15 is 0 Å². The lowest BCUT2D eigenvalue weighted by Crippen LogP contribution is -2.26. The van der Waals surface area contributed by atoms with Gasteiger partial charge in [-0.25, -0.2) is 4.79 Å². The quantitative estimate of drug-likeness (QED) is 0.837. The third kappa shape index (κ3) is 3.56. The van der Waals surface area contributed by atoms with Crippen LogP contribution in [-0.4, -0.2) is 16.6 Å². The smallest absolute Gasteiger partial charge is 0.355 e. The highest BCUT2D eigenvalue weighted by molar-refractivity contribution is 5.89. The molecule has 1 aromatic rings. The zero-order valence-corrected chi connectivity index (χ0v) is 12.6. The van der Waals surface area contributed by atoms with Gasteiger partial charge in [0.25, 0.3) is 0 Å². The SMILES string of the molecule is CCCn1cc(N)cc1C(=O)OC1CCCC(CC)C1. The second-order valence-electron chi connectivity index (χ2n) is 5.82. The fourth-order valence-electron chi connectivity index (χ4n) is 3.06. The van der Waals surface area contributed by atoms with Crippen molar-refractivity contribution in [2.45, 2.75) is 65.0 Å². The predicted octanol–water partition coefficient (Wildman–Crippen LogP) is 3.61. The van der Waals surface area contributed by atoms with E-state index in [4.69, 9.17) is 10.5 Å². The van der Waals surface area contributed by atoms with E-state index in [9.17, 15) is 4.79 Å². The van der Waals surface area contributed by atoms with Gasteiger partial charge in [-0.2, -0.15) is 0 Å². The van der Waals surface area contributed by atoms with E-state index in [1.54, 1.807) is 6.07 Å². The first-order valence-corrected chi connectivity index (χ1v) is 7.80. The maximum Gasteiger partial charge on any atom is 0.355 e. The van der Waals surface area contributed by atoms with E-state index in [2.05, 4.69) is 13.8 Å². The van der Waals surface area contributed by atoms with Crippen molar-refractivity contribution in [1.29, 1.82) is 0 Å². The van der Waals surface area contributed by atoms with Crippen molar-refractivity contribution in [2.75, 3.05) is 5.73 Å². The number of nitrogens with two attached hydrogens (primary N) is 1. The molecule has 2 rings (SSSR count). The standard InChI is InChI=1S/C16H26N2O2/c1-3-8-18-11-13(17)10-15(18)16(19)20-14-7-5-6-12(4-2)9-14/h10-12,14H,3-9,17H2,1-2H3. The second kappa shape index (κ2) is 6.82. The van der Waals surface area contributed by atoms with E-state index in [1.807, 2.05) is 10.8 Å². The third-order valence-electron chi connectivity index (χ3n) is 4.18. The number of carbonyl (C=O) groups excluding carboxylic acids is 1. The fraction of sp³-hybridized carbons (Fsp3) is 0.688. The summed E-state index contributed by atoms with van der Waals surface area (Å²) in [5.41, 5.74) is 7.01. The molecule has 1 aliphatic carbocycles. The molecule has 1 heterocycles. The van der Waals surface area contributed by atoms with Crippen LogP contribution < -0.4 is 5.73 Å². The van der Waals surface area contributed by atoms with E-state index in [0.29, 0.717) is 17.3 Å². The minimum atomic E-state index is -0.225. The van der Waals surface area contributed by atoms with Crippen LogP contribution in [-0.2, 0) is 11.3 Å². The van der Waals surface area contributed by atoms with E-state index in [-0.39, 0.29) is 12.1 Å². The number of carbonyl (C=O) groups is 1. The molecule has 0 radical (unpaired) electrons. The van der Waals surface area contributed by atoms with Crippen LogP contribution in [0.3, 0.4) is 0 Å². The minimum absolute atomic E-state index is 0.0763. The maximum atomic E-state index is 12.3. The predicted molar refractivity (Wildman–Crippen MR) is 80.6 cm³/mol. The van der Waals surface area contributed by atoms with E-state index in [0.717, 1.165) is 32.2 Å². The topological polar surface area (TPSA) is 57.2 Å². The Morgan fingerprint density at radius 2 is 2.25 bits per heavy atom. The van der Waals surface area contributed by atoms with Crippen LogP contribution in [0, 0.1) is 5.92 Å². The van der Waals surface area contributed by atoms with Crippen molar-refractivity contribution >= 4 is 11.7 Å². The van der Waals surface area contributed by atoms with Crippen LogP contribution in [0.15, 0.2) is 12.3 Å². The summed E-state index contributed by atoms with van der Waals surface area (Å²) < 4.78 is 7.60. The normalized spacial score (nSPS) is 22.7. The molecule has 4 heteroatoms. The number of aromatic nitrogens is 1. The van der Waals surface area contributed by atoms with Crippen molar-refractivity contribution < 1.29 is 9.53 Å². The first kappa shape index (κ1) is 14.9. The molecule has 0 aliphatic heterocycles. The van der Waals surface area contributed by atoms with Gasteiger partial charge in [-0.15, -0.1) is 0 Å². The van der Waals surface area contributed by atoms with Gasteiger partial charge < -0.3 is 15.0 Å². The summed E-state index contributed by atoms with van der Waals surface area (Å²) in [7, 11) is 0. The Bertz CT molecular complexity index is 453. The Hall–Kier alpha value is -1.45. The van der Waals surface area contributed by atoms with Crippen LogP contribution in [0.2, 0.25) is 0 Å². The average molecular weight is 278 g/mol. The zero-order chi connectivity index (χ0) is 14.5. The molecule has 0 amide bonds. The summed E-state index contributed by atoms with van der Waals surface area (Å²) in [6.45, 7) is 5.09. The van der Waals surface area contributed by atoms with Crippen molar-refractivity contribution in [3.8, 4) is 0 Å². The first-order chi connectivity index (χ1) is 9.63. The third-order valence-corrected chi connectivity index (χ3v) is 4.18. The van der Waals surface area contributed by atoms with Gasteiger partial charge in [-0.3, -0.25) is 0 Å². The number of rotatable bonds is 5. The summed E-state index contributed by atoms with van der Waals surface area (Å²) in [4.78, 5) is 12.3. The lowest BCUT2D eigenvalue weighted by molar-refractivity contribution is 0.0128. The van der Waals surface area contributed by atoms with Gasteiger partial charge >= 0.3 is 5.97 Å². The van der Waals surface area contributed by atoms with Gasteiger partial charge in [0.2, 0.25) is 0 Å². The summed E-state index contributed by atoms with van der Waals surface area (Å²) >= 11 is 0. The first-order valence-electron chi connectivity index (χ1n) is 7.80. The summed E-state index contributed by atoms with van der Waals surface area (Å²) in [5.74, 6) is 0.478. The van der Waals surface area contributed by atoms with E-state index < -0.39 is 0 Å². The number of ether oxygens (including phenoxy) is 1. The number of hydrogen-bond acceptors (Lipinski definition) is 3. The molecule has 112 valence electrons. The van der Waals surface area contributed by atoms with Crippen LogP contribution in [0.5, 0.6) is 0 Å². The highest BCUT2D eigenvalue weighted by Gasteiger charge is 2.25. The van der Waals surface area contributed by atoms with Crippen molar-refractivity contribution in [1.82, 2.24) is 4.57 Å². The largest absolute Gasteiger partial charge is 0.458 e. The van der Waals surface area contributed by atoms with Gasteiger partial charge in [-0.05, 0) is 37.7 Å². The Balaban J connectivity index is 2.00. The molecule has 0 aromatic carbocycles. The molecular formula is C16H26N2O2. The molecule has 20 heavy (non-hydrogen) atoms.